The van der Waals surface area contributed by atoms with Gasteiger partial charge >= 0.3 is 0 Å². The first-order chi connectivity index (χ1) is 7.80. The number of carbonyl (C=O) groups is 1. The fourth-order valence-electron chi connectivity index (χ4n) is 1.18. The molecule has 4 N–H and O–H groups in total. The van der Waals surface area contributed by atoms with Crippen LogP contribution in [-0.2, 0) is 4.79 Å². The standard InChI is InChI=1S/C12H19N3O2/c1-12(2,3)9(13)7-10(17)15-11-8(16)5-4-6-14-11/h4-6,9,16H,7,13H2,1-3H3,(H,14,15,17). The quantitative estimate of drug-likeness (QED) is 0.743. The van der Waals surface area contributed by atoms with Crippen molar-refractivity contribution in [2.24, 2.45) is 11.1 Å². The molecule has 0 radical (unpaired) electrons. The summed E-state index contributed by atoms with van der Waals surface area (Å²) in [6.45, 7) is 5.93. The zero-order valence-corrected chi connectivity index (χ0v) is 10.4. The molecule has 1 heterocycles. The minimum Gasteiger partial charge on any atom is -0.504 e. The number of pyridine rings is 1. The lowest BCUT2D eigenvalue weighted by Crippen LogP contribution is -2.38. The maximum atomic E-state index is 11.7. The molecule has 5 nitrogen and oxygen atoms in total. The maximum absolute atomic E-state index is 11.7. The number of carbonyl (C=O) groups excluding carboxylic acids is 1. The van der Waals surface area contributed by atoms with Crippen LogP contribution in [0.15, 0.2) is 18.3 Å². The highest BCUT2D eigenvalue weighted by Gasteiger charge is 2.23. The van der Waals surface area contributed by atoms with Crippen LogP contribution in [0, 0.1) is 5.41 Å². The number of nitrogens with zero attached hydrogens (tertiary/aromatic N) is 1. The Balaban J connectivity index is 2.60. The molecule has 0 saturated heterocycles. The van der Waals surface area contributed by atoms with Crippen LogP contribution in [0.4, 0.5) is 5.82 Å². The highest BCUT2D eigenvalue weighted by Crippen LogP contribution is 2.22. The molecule has 0 saturated carbocycles. The molecule has 1 unspecified atom stereocenters. The van der Waals surface area contributed by atoms with Gasteiger partial charge in [-0.3, -0.25) is 4.79 Å². The Labute approximate surface area is 101 Å². The monoisotopic (exact) mass is 237 g/mol. The number of nitrogens with two attached hydrogens (primary N) is 1. The topological polar surface area (TPSA) is 88.2 Å². The number of aromatic hydroxyl groups is 1. The molecule has 0 aliphatic carbocycles. The number of nitrogens with one attached hydrogen (secondary N) is 1. The molecule has 0 aliphatic rings. The molecular formula is C12H19N3O2. The van der Waals surface area contributed by atoms with E-state index in [-0.39, 0.29) is 35.4 Å². The number of hydrogen-bond acceptors (Lipinski definition) is 4. The second-order valence-electron chi connectivity index (χ2n) is 5.10. The molecule has 0 bridgehead atoms. The number of aromatic nitrogens is 1. The third-order valence-electron chi connectivity index (χ3n) is 2.56. The summed E-state index contributed by atoms with van der Waals surface area (Å²) < 4.78 is 0. The summed E-state index contributed by atoms with van der Waals surface area (Å²) in [6, 6.07) is 2.81. The number of amides is 1. The van der Waals surface area contributed by atoms with Crippen LogP contribution in [0.2, 0.25) is 0 Å². The Morgan fingerprint density at radius 3 is 2.76 bits per heavy atom. The zero-order valence-electron chi connectivity index (χ0n) is 10.4. The normalized spacial score (nSPS) is 13.2. The predicted molar refractivity (Wildman–Crippen MR) is 66.6 cm³/mol. The molecule has 94 valence electrons. The first kappa shape index (κ1) is 13.4. The van der Waals surface area contributed by atoms with Crippen LogP contribution >= 0.6 is 0 Å². The molecule has 0 aliphatic heterocycles. The van der Waals surface area contributed by atoms with Gasteiger partial charge in [0.1, 0.15) is 0 Å². The van der Waals surface area contributed by atoms with Gasteiger partial charge in [0.15, 0.2) is 11.6 Å². The van der Waals surface area contributed by atoms with Crippen molar-refractivity contribution < 1.29 is 9.90 Å². The molecule has 17 heavy (non-hydrogen) atoms. The molecule has 1 amide bonds. The van der Waals surface area contributed by atoms with Gasteiger partial charge in [0.25, 0.3) is 0 Å². The van der Waals surface area contributed by atoms with Crippen LogP contribution in [0.25, 0.3) is 0 Å². The van der Waals surface area contributed by atoms with Crippen molar-refractivity contribution in [3.63, 3.8) is 0 Å². The Kier molecular flexibility index (Phi) is 4.07. The molecule has 5 heteroatoms. The first-order valence-corrected chi connectivity index (χ1v) is 5.50. The zero-order chi connectivity index (χ0) is 13.1. The molecule has 1 atom stereocenters. The molecule has 0 fully saturated rings. The average molecular weight is 237 g/mol. The summed E-state index contributed by atoms with van der Waals surface area (Å²) in [5.41, 5.74) is 5.76. The van der Waals surface area contributed by atoms with E-state index < -0.39 is 0 Å². The molecule has 0 aromatic carbocycles. The van der Waals surface area contributed by atoms with Gasteiger partial charge < -0.3 is 16.2 Å². The average Bonchev–Trinajstić information content (AvgIpc) is 2.20. The number of rotatable bonds is 3. The second kappa shape index (κ2) is 5.14. The third-order valence-corrected chi connectivity index (χ3v) is 2.56. The molecule has 1 aromatic rings. The van der Waals surface area contributed by atoms with Gasteiger partial charge in [-0.15, -0.1) is 0 Å². The van der Waals surface area contributed by atoms with Crippen molar-refractivity contribution in [1.82, 2.24) is 4.98 Å². The van der Waals surface area contributed by atoms with E-state index in [9.17, 15) is 9.90 Å². The van der Waals surface area contributed by atoms with Crippen LogP contribution in [-0.4, -0.2) is 22.0 Å². The van der Waals surface area contributed by atoms with Crippen LogP contribution < -0.4 is 11.1 Å². The summed E-state index contributed by atoms with van der Waals surface area (Å²) in [6.07, 6.45) is 1.69. The lowest BCUT2D eigenvalue weighted by Gasteiger charge is -2.26. The van der Waals surface area contributed by atoms with Crippen LogP contribution in [0.1, 0.15) is 27.2 Å². The summed E-state index contributed by atoms with van der Waals surface area (Å²) in [7, 11) is 0. The van der Waals surface area contributed by atoms with E-state index in [1.807, 2.05) is 20.8 Å². The lowest BCUT2D eigenvalue weighted by molar-refractivity contribution is -0.117. The van der Waals surface area contributed by atoms with E-state index in [0.717, 1.165) is 0 Å². The highest BCUT2D eigenvalue weighted by molar-refractivity contribution is 5.91. The van der Waals surface area contributed by atoms with E-state index in [1.165, 1.54) is 12.3 Å². The van der Waals surface area contributed by atoms with Crippen molar-refractivity contribution in [1.29, 1.82) is 0 Å². The van der Waals surface area contributed by atoms with E-state index in [4.69, 9.17) is 5.73 Å². The largest absolute Gasteiger partial charge is 0.504 e. The molecule has 0 spiro atoms. The van der Waals surface area contributed by atoms with Gasteiger partial charge in [-0.1, -0.05) is 20.8 Å². The van der Waals surface area contributed by atoms with Gasteiger partial charge in [-0.05, 0) is 17.5 Å². The summed E-state index contributed by atoms with van der Waals surface area (Å²) >= 11 is 0. The smallest absolute Gasteiger partial charge is 0.227 e. The Bertz CT molecular complexity index is 399. The van der Waals surface area contributed by atoms with Crippen molar-refractivity contribution in [3.05, 3.63) is 18.3 Å². The highest BCUT2D eigenvalue weighted by atomic mass is 16.3. The summed E-state index contributed by atoms with van der Waals surface area (Å²) in [5, 5.41) is 12.0. The summed E-state index contributed by atoms with van der Waals surface area (Å²) in [5.74, 6) is -0.134. The van der Waals surface area contributed by atoms with Gasteiger partial charge in [-0.25, -0.2) is 4.98 Å². The Morgan fingerprint density at radius 2 is 2.24 bits per heavy atom. The number of hydrogen-bond donors (Lipinski definition) is 3. The van der Waals surface area contributed by atoms with E-state index in [1.54, 1.807) is 6.07 Å². The van der Waals surface area contributed by atoms with Crippen molar-refractivity contribution in [2.45, 2.75) is 33.2 Å². The summed E-state index contributed by atoms with van der Waals surface area (Å²) in [4.78, 5) is 15.5. The van der Waals surface area contributed by atoms with E-state index >= 15 is 0 Å². The second-order valence-corrected chi connectivity index (χ2v) is 5.10. The Hall–Kier alpha value is -1.62. The molecule has 1 aromatic heterocycles. The minimum absolute atomic E-state index is 0.0508. The van der Waals surface area contributed by atoms with Crippen LogP contribution in [0.5, 0.6) is 5.75 Å². The molecule has 1 rings (SSSR count). The minimum atomic E-state index is -0.249. The SMILES string of the molecule is CC(C)(C)C(N)CC(=O)Nc1ncccc1O. The fraction of sp³-hybridized carbons (Fsp3) is 0.500. The fourth-order valence-corrected chi connectivity index (χ4v) is 1.18. The van der Waals surface area contributed by atoms with Gasteiger partial charge in [0, 0.05) is 18.7 Å². The van der Waals surface area contributed by atoms with Crippen molar-refractivity contribution >= 4 is 11.7 Å². The van der Waals surface area contributed by atoms with Gasteiger partial charge in [0.2, 0.25) is 5.91 Å². The van der Waals surface area contributed by atoms with Gasteiger partial charge in [-0.2, -0.15) is 0 Å². The van der Waals surface area contributed by atoms with Gasteiger partial charge in [0.05, 0.1) is 0 Å². The predicted octanol–water partition coefficient (Wildman–Crippen LogP) is 1.49. The third kappa shape index (κ3) is 4.03. The van der Waals surface area contributed by atoms with E-state index in [0.29, 0.717) is 0 Å². The maximum Gasteiger partial charge on any atom is 0.227 e. The first-order valence-electron chi connectivity index (χ1n) is 5.50. The lowest BCUT2D eigenvalue weighted by atomic mass is 9.85. The van der Waals surface area contributed by atoms with E-state index in [2.05, 4.69) is 10.3 Å². The number of anilines is 1. The van der Waals surface area contributed by atoms with Crippen molar-refractivity contribution in [2.75, 3.05) is 5.32 Å². The Morgan fingerprint density at radius 1 is 1.59 bits per heavy atom. The molecular weight excluding hydrogens is 218 g/mol. The van der Waals surface area contributed by atoms with Crippen molar-refractivity contribution in [3.8, 4) is 5.75 Å². The van der Waals surface area contributed by atoms with Crippen LogP contribution in [0.3, 0.4) is 0 Å².